The SMILES string of the molecule is O=C(Nc1ccccc1O)C1CCN(S(=O)(=O)c2ccccc2C(F)(F)F)CC1. The predicted octanol–water partition coefficient (Wildman–Crippen LogP) is 3.45. The van der Waals surface area contributed by atoms with Crippen LogP contribution in [0.15, 0.2) is 53.4 Å². The molecule has 0 unspecified atom stereocenters. The molecule has 0 aliphatic carbocycles. The first kappa shape index (κ1) is 21.1. The topological polar surface area (TPSA) is 86.7 Å². The number of phenolic OH excluding ortho intramolecular Hbond substituents is 1. The summed E-state index contributed by atoms with van der Waals surface area (Å²) in [5.74, 6) is -0.984. The number of hydrogen-bond acceptors (Lipinski definition) is 4. The third-order valence-electron chi connectivity index (χ3n) is 4.80. The van der Waals surface area contributed by atoms with Crippen molar-refractivity contribution in [1.82, 2.24) is 4.31 Å². The number of hydrogen-bond donors (Lipinski definition) is 2. The minimum absolute atomic E-state index is 0.0760. The number of alkyl halides is 3. The molecule has 0 aromatic heterocycles. The molecule has 2 aromatic rings. The van der Waals surface area contributed by atoms with Crippen LogP contribution >= 0.6 is 0 Å². The number of carbonyl (C=O) groups excluding carboxylic acids is 1. The fraction of sp³-hybridized carbons (Fsp3) is 0.316. The van der Waals surface area contributed by atoms with Gasteiger partial charge in [-0.15, -0.1) is 0 Å². The van der Waals surface area contributed by atoms with E-state index in [1.165, 1.54) is 18.2 Å². The van der Waals surface area contributed by atoms with E-state index in [-0.39, 0.29) is 43.3 Å². The zero-order valence-corrected chi connectivity index (χ0v) is 16.0. The Bertz CT molecular complexity index is 1000. The highest BCUT2D eigenvalue weighted by Crippen LogP contribution is 2.36. The van der Waals surface area contributed by atoms with Crippen LogP contribution in [0.5, 0.6) is 5.75 Å². The van der Waals surface area contributed by atoms with Crippen LogP contribution in [-0.4, -0.2) is 36.8 Å². The predicted molar refractivity (Wildman–Crippen MR) is 99.7 cm³/mol. The summed E-state index contributed by atoms with van der Waals surface area (Å²) in [6, 6.07) is 10.3. The van der Waals surface area contributed by atoms with Gasteiger partial charge >= 0.3 is 6.18 Å². The van der Waals surface area contributed by atoms with Gasteiger partial charge < -0.3 is 10.4 Å². The summed E-state index contributed by atoms with van der Waals surface area (Å²) in [6.07, 6.45) is -4.47. The molecule has 0 atom stereocenters. The lowest BCUT2D eigenvalue weighted by Crippen LogP contribution is -2.41. The van der Waals surface area contributed by atoms with E-state index in [4.69, 9.17) is 0 Å². The second kappa shape index (κ2) is 8.03. The minimum atomic E-state index is -4.79. The van der Waals surface area contributed by atoms with Gasteiger partial charge in [0.1, 0.15) is 5.75 Å². The van der Waals surface area contributed by atoms with E-state index < -0.39 is 32.6 Å². The molecule has 0 bridgehead atoms. The Morgan fingerprint density at radius 2 is 1.62 bits per heavy atom. The second-order valence-corrected chi connectivity index (χ2v) is 8.59. The number of aromatic hydroxyl groups is 1. The molecule has 2 N–H and O–H groups in total. The Balaban J connectivity index is 1.71. The smallest absolute Gasteiger partial charge is 0.417 e. The lowest BCUT2D eigenvalue weighted by Gasteiger charge is -2.31. The number of nitrogens with zero attached hydrogens (tertiary/aromatic N) is 1. The molecule has 0 radical (unpaired) electrons. The van der Waals surface area contributed by atoms with Crippen LogP contribution in [0.1, 0.15) is 18.4 Å². The van der Waals surface area contributed by atoms with Crippen LogP contribution in [0.2, 0.25) is 0 Å². The fourth-order valence-electron chi connectivity index (χ4n) is 3.24. The molecule has 1 amide bonds. The number of carbonyl (C=O) groups is 1. The van der Waals surface area contributed by atoms with Crippen molar-refractivity contribution in [1.29, 1.82) is 0 Å². The summed E-state index contributed by atoms with van der Waals surface area (Å²) >= 11 is 0. The number of nitrogens with one attached hydrogen (secondary N) is 1. The van der Waals surface area contributed by atoms with E-state index in [9.17, 15) is 31.5 Å². The Morgan fingerprint density at radius 1 is 1.03 bits per heavy atom. The van der Waals surface area contributed by atoms with Crippen molar-refractivity contribution in [2.75, 3.05) is 18.4 Å². The molecule has 0 spiro atoms. The number of benzene rings is 2. The zero-order valence-electron chi connectivity index (χ0n) is 15.2. The molecule has 1 aliphatic rings. The molecule has 1 saturated heterocycles. The van der Waals surface area contributed by atoms with Crippen molar-refractivity contribution < 1.29 is 31.5 Å². The van der Waals surface area contributed by atoms with Crippen molar-refractivity contribution in [3.63, 3.8) is 0 Å². The number of sulfonamides is 1. The first-order chi connectivity index (χ1) is 13.6. The van der Waals surface area contributed by atoms with Gasteiger partial charge in [-0.05, 0) is 37.1 Å². The summed E-state index contributed by atoms with van der Waals surface area (Å²) in [4.78, 5) is 11.6. The highest BCUT2D eigenvalue weighted by Gasteiger charge is 2.40. The molecule has 6 nitrogen and oxygen atoms in total. The first-order valence-electron chi connectivity index (χ1n) is 8.86. The largest absolute Gasteiger partial charge is 0.506 e. The Morgan fingerprint density at radius 3 is 2.24 bits per heavy atom. The molecule has 2 aromatic carbocycles. The molecule has 1 heterocycles. The number of rotatable bonds is 4. The van der Waals surface area contributed by atoms with E-state index in [1.807, 2.05) is 0 Å². The maximum absolute atomic E-state index is 13.2. The number of halogens is 3. The van der Waals surface area contributed by atoms with E-state index in [0.29, 0.717) is 0 Å². The van der Waals surface area contributed by atoms with Gasteiger partial charge in [-0.2, -0.15) is 17.5 Å². The van der Waals surface area contributed by atoms with Gasteiger partial charge in [0.2, 0.25) is 15.9 Å². The van der Waals surface area contributed by atoms with Crippen molar-refractivity contribution in [3.05, 3.63) is 54.1 Å². The fourth-order valence-corrected chi connectivity index (χ4v) is 4.92. The maximum atomic E-state index is 13.2. The first-order valence-corrected chi connectivity index (χ1v) is 10.3. The van der Waals surface area contributed by atoms with Crippen LogP contribution in [-0.2, 0) is 21.0 Å². The lowest BCUT2D eigenvalue weighted by atomic mass is 9.97. The van der Waals surface area contributed by atoms with Gasteiger partial charge in [-0.25, -0.2) is 8.42 Å². The third kappa shape index (κ3) is 4.54. The molecule has 29 heavy (non-hydrogen) atoms. The average Bonchev–Trinajstić information content (AvgIpc) is 2.69. The number of phenols is 1. The van der Waals surface area contributed by atoms with E-state index in [1.54, 1.807) is 12.1 Å². The highest BCUT2D eigenvalue weighted by molar-refractivity contribution is 7.89. The monoisotopic (exact) mass is 428 g/mol. The number of para-hydroxylation sites is 2. The number of piperidine rings is 1. The lowest BCUT2D eigenvalue weighted by molar-refractivity contribution is -0.139. The molecule has 10 heteroatoms. The van der Waals surface area contributed by atoms with Gasteiger partial charge in [0, 0.05) is 19.0 Å². The molecule has 0 saturated carbocycles. The molecule has 1 fully saturated rings. The quantitative estimate of drug-likeness (QED) is 0.731. The Labute approximate surface area is 166 Å². The Kier molecular flexibility index (Phi) is 5.85. The molecule has 156 valence electrons. The summed E-state index contributed by atoms with van der Waals surface area (Å²) in [5, 5.41) is 12.3. The van der Waals surface area contributed by atoms with Gasteiger partial charge in [0.25, 0.3) is 0 Å². The van der Waals surface area contributed by atoms with Crippen molar-refractivity contribution >= 4 is 21.6 Å². The summed E-state index contributed by atoms with van der Waals surface area (Å²) in [5.41, 5.74) is -0.967. The zero-order chi connectivity index (χ0) is 21.2. The van der Waals surface area contributed by atoms with Gasteiger partial charge in [-0.3, -0.25) is 4.79 Å². The van der Waals surface area contributed by atoms with Crippen LogP contribution in [0, 0.1) is 5.92 Å². The van der Waals surface area contributed by atoms with Crippen molar-refractivity contribution in [2.45, 2.75) is 23.9 Å². The van der Waals surface area contributed by atoms with E-state index in [0.717, 1.165) is 22.5 Å². The van der Waals surface area contributed by atoms with Gasteiger partial charge in [0.15, 0.2) is 0 Å². The average molecular weight is 428 g/mol. The molecular weight excluding hydrogens is 409 g/mol. The number of amides is 1. The van der Waals surface area contributed by atoms with Crippen LogP contribution in [0.4, 0.5) is 18.9 Å². The maximum Gasteiger partial charge on any atom is 0.417 e. The van der Waals surface area contributed by atoms with Crippen LogP contribution in [0.3, 0.4) is 0 Å². The third-order valence-corrected chi connectivity index (χ3v) is 6.75. The number of anilines is 1. The highest BCUT2D eigenvalue weighted by atomic mass is 32.2. The van der Waals surface area contributed by atoms with E-state index >= 15 is 0 Å². The van der Waals surface area contributed by atoms with Crippen LogP contribution in [0.25, 0.3) is 0 Å². The molecule has 1 aliphatic heterocycles. The normalized spacial score (nSPS) is 16.5. The van der Waals surface area contributed by atoms with Crippen LogP contribution < -0.4 is 5.32 Å². The summed E-state index contributed by atoms with van der Waals surface area (Å²) in [7, 11) is -4.35. The minimum Gasteiger partial charge on any atom is -0.506 e. The van der Waals surface area contributed by atoms with Crippen molar-refractivity contribution in [2.24, 2.45) is 5.92 Å². The van der Waals surface area contributed by atoms with Gasteiger partial charge in [-0.1, -0.05) is 24.3 Å². The standard InChI is InChI=1S/C19H19F3N2O4S/c20-19(21,22)14-5-1-4-8-17(14)29(27,28)24-11-9-13(10-12-24)18(26)23-15-6-2-3-7-16(15)25/h1-8,13,25H,9-12H2,(H,23,26). The summed E-state index contributed by atoms with van der Waals surface area (Å²) in [6.45, 7) is -0.152. The van der Waals surface area contributed by atoms with E-state index in [2.05, 4.69) is 5.32 Å². The molecule has 3 rings (SSSR count). The summed E-state index contributed by atoms with van der Waals surface area (Å²) < 4.78 is 66.1. The van der Waals surface area contributed by atoms with Gasteiger partial charge in [0.05, 0.1) is 16.1 Å². The van der Waals surface area contributed by atoms with Crippen molar-refractivity contribution in [3.8, 4) is 5.75 Å². The Hall–Kier alpha value is -2.59. The molecular formula is C19H19F3N2O4S. The second-order valence-electron chi connectivity index (χ2n) is 6.68.